The summed E-state index contributed by atoms with van der Waals surface area (Å²) in [4.78, 5) is 0. The number of ether oxygens (including phenoxy) is 1. The van der Waals surface area contributed by atoms with Crippen molar-refractivity contribution in [1.29, 1.82) is 0 Å². The van der Waals surface area contributed by atoms with Gasteiger partial charge in [-0.05, 0) is 17.9 Å². The molecule has 0 N–H and O–H groups in total. The summed E-state index contributed by atoms with van der Waals surface area (Å²) < 4.78 is 5.63. The molecule has 0 saturated heterocycles. The van der Waals surface area contributed by atoms with Gasteiger partial charge in [-0.25, -0.2) is 0 Å². The third-order valence-electron chi connectivity index (χ3n) is 2.68. The van der Waals surface area contributed by atoms with Crippen LogP contribution in [0.5, 0.6) is 0 Å². The molecule has 0 bridgehead atoms. The Labute approximate surface area is 99.8 Å². The molecule has 0 aliphatic heterocycles. The van der Waals surface area contributed by atoms with Crippen molar-refractivity contribution in [3.05, 3.63) is 35.9 Å². The van der Waals surface area contributed by atoms with Gasteiger partial charge >= 0.3 is 0 Å². The summed E-state index contributed by atoms with van der Waals surface area (Å²) in [6.07, 6.45) is 5.18. The average Bonchev–Trinajstić information content (AvgIpc) is 2.29. The van der Waals surface area contributed by atoms with Crippen LogP contribution in [-0.2, 0) is 11.3 Å². The van der Waals surface area contributed by atoms with E-state index in [1.54, 1.807) is 0 Å². The summed E-state index contributed by atoms with van der Waals surface area (Å²) in [6.45, 7) is 6.22. The van der Waals surface area contributed by atoms with Crippen LogP contribution in [0, 0.1) is 5.92 Å². The standard InChI is InChI=1S/C15H24O/c1-14(2)9-5-4-8-12-16-13-15-10-6-3-7-11-15/h3,6-7,10-11,14H,4-5,8-9,12-13H2,1-2H3. The molecule has 1 aromatic rings. The molecule has 90 valence electrons. The van der Waals surface area contributed by atoms with Crippen molar-refractivity contribution in [3.8, 4) is 0 Å². The highest BCUT2D eigenvalue weighted by molar-refractivity contribution is 5.13. The van der Waals surface area contributed by atoms with Crippen molar-refractivity contribution in [1.82, 2.24) is 0 Å². The highest BCUT2D eigenvalue weighted by atomic mass is 16.5. The van der Waals surface area contributed by atoms with Crippen LogP contribution in [0.2, 0.25) is 0 Å². The lowest BCUT2D eigenvalue weighted by atomic mass is 10.1. The first kappa shape index (κ1) is 13.2. The van der Waals surface area contributed by atoms with Crippen molar-refractivity contribution in [2.45, 2.75) is 46.1 Å². The molecule has 0 saturated carbocycles. The molecule has 0 atom stereocenters. The van der Waals surface area contributed by atoms with E-state index in [1.165, 1.54) is 31.2 Å². The molecule has 1 heteroatoms. The van der Waals surface area contributed by atoms with E-state index >= 15 is 0 Å². The van der Waals surface area contributed by atoms with Crippen LogP contribution in [0.3, 0.4) is 0 Å². The Balaban J connectivity index is 1.93. The second-order valence-electron chi connectivity index (χ2n) is 4.78. The second-order valence-corrected chi connectivity index (χ2v) is 4.78. The van der Waals surface area contributed by atoms with E-state index in [4.69, 9.17) is 4.74 Å². The van der Waals surface area contributed by atoms with Crippen molar-refractivity contribution in [3.63, 3.8) is 0 Å². The lowest BCUT2D eigenvalue weighted by molar-refractivity contribution is 0.116. The number of unbranched alkanes of at least 4 members (excludes halogenated alkanes) is 2. The molecule has 1 rings (SSSR count). The largest absolute Gasteiger partial charge is 0.377 e. The molecule has 0 aromatic heterocycles. The van der Waals surface area contributed by atoms with Gasteiger partial charge in [-0.15, -0.1) is 0 Å². The first-order valence-electron chi connectivity index (χ1n) is 6.40. The van der Waals surface area contributed by atoms with Crippen LogP contribution in [0.1, 0.15) is 45.1 Å². The van der Waals surface area contributed by atoms with Crippen LogP contribution in [-0.4, -0.2) is 6.61 Å². The SMILES string of the molecule is CC(C)CCCCCOCc1ccccc1. The third kappa shape index (κ3) is 6.62. The Bertz CT molecular complexity index is 253. The molecular formula is C15H24O. The summed E-state index contributed by atoms with van der Waals surface area (Å²) in [5, 5.41) is 0. The maximum Gasteiger partial charge on any atom is 0.0716 e. The fourth-order valence-corrected chi connectivity index (χ4v) is 1.70. The molecule has 0 fully saturated rings. The monoisotopic (exact) mass is 220 g/mol. The number of hydrogen-bond acceptors (Lipinski definition) is 1. The van der Waals surface area contributed by atoms with E-state index < -0.39 is 0 Å². The molecule has 0 heterocycles. The smallest absolute Gasteiger partial charge is 0.0716 e. The Hall–Kier alpha value is -0.820. The second kappa shape index (κ2) is 8.35. The van der Waals surface area contributed by atoms with Crippen LogP contribution in [0.4, 0.5) is 0 Å². The third-order valence-corrected chi connectivity index (χ3v) is 2.68. The fourth-order valence-electron chi connectivity index (χ4n) is 1.70. The van der Waals surface area contributed by atoms with Crippen LogP contribution >= 0.6 is 0 Å². The first-order valence-corrected chi connectivity index (χ1v) is 6.40. The predicted molar refractivity (Wildman–Crippen MR) is 69.4 cm³/mol. The highest BCUT2D eigenvalue weighted by Gasteiger charge is 1.95. The number of rotatable bonds is 8. The van der Waals surface area contributed by atoms with E-state index in [0.29, 0.717) is 0 Å². The van der Waals surface area contributed by atoms with E-state index in [-0.39, 0.29) is 0 Å². The number of benzene rings is 1. The van der Waals surface area contributed by atoms with Crippen molar-refractivity contribution in [2.24, 2.45) is 5.92 Å². The van der Waals surface area contributed by atoms with Gasteiger partial charge in [0.2, 0.25) is 0 Å². The first-order chi connectivity index (χ1) is 7.79. The summed E-state index contributed by atoms with van der Waals surface area (Å²) in [6, 6.07) is 10.4. The van der Waals surface area contributed by atoms with E-state index in [0.717, 1.165) is 19.1 Å². The van der Waals surface area contributed by atoms with Crippen LogP contribution in [0.15, 0.2) is 30.3 Å². The molecule has 0 amide bonds. The minimum Gasteiger partial charge on any atom is -0.377 e. The summed E-state index contributed by atoms with van der Waals surface area (Å²) in [5.41, 5.74) is 1.27. The van der Waals surface area contributed by atoms with Gasteiger partial charge in [-0.2, -0.15) is 0 Å². The average molecular weight is 220 g/mol. The minimum atomic E-state index is 0.755. The van der Waals surface area contributed by atoms with Crippen LogP contribution < -0.4 is 0 Å². The lowest BCUT2D eigenvalue weighted by Crippen LogP contribution is -1.96. The zero-order valence-corrected chi connectivity index (χ0v) is 10.6. The van der Waals surface area contributed by atoms with E-state index in [9.17, 15) is 0 Å². The quantitative estimate of drug-likeness (QED) is 0.589. The van der Waals surface area contributed by atoms with Gasteiger partial charge in [0, 0.05) is 6.61 Å². The van der Waals surface area contributed by atoms with Gasteiger partial charge in [0.1, 0.15) is 0 Å². The molecule has 0 unspecified atom stereocenters. The Kier molecular flexibility index (Phi) is 6.91. The lowest BCUT2D eigenvalue weighted by Gasteiger charge is -2.05. The van der Waals surface area contributed by atoms with E-state index in [1.807, 2.05) is 6.07 Å². The molecule has 0 aliphatic rings. The van der Waals surface area contributed by atoms with Crippen LogP contribution in [0.25, 0.3) is 0 Å². The van der Waals surface area contributed by atoms with Crippen molar-refractivity contribution in [2.75, 3.05) is 6.61 Å². The van der Waals surface area contributed by atoms with Gasteiger partial charge in [0.25, 0.3) is 0 Å². The molecule has 0 radical (unpaired) electrons. The Morgan fingerprint density at radius 1 is 1.00 bits per heavy atom. The van der Waals surface area contributed by atoms with Gasteiger partial charge < -0.3 is 4.74 Å². The van der Waals surface area contributed by atoms with Crippen molar-refractivity contribution < 1.29 is 4.74 Å². The van der Waals surface area contributed by atoms with Gasteiger partial charge in [0.15, 0.2) is 0 Å². The normalized spacial score (nSPS) is 10.9. The van der Waals surface area contributed by atoms with Gasteiger partial charge in [0.05, 0.1) is 6.61 Å². The van der Waals surface area contributed by atoms with Crippen molar-refractivity contribution >= 4 is 0 Å². The maximum atomic E-state index is 5.63. The highest BCUT2D eigenvalue weighted by Crippen LogP contribution is 2.08. The topological polar surface area (TPSA) is 9.23 Å². The Morgan fingerprint density at radius 2 is 1.75 bits per heavy atom. The van der Waals surface area contributed by atoms with Gasteiger partial charge in [-0.3, -0.25) is 0 Å². The molecule has 16 heavy (non-hydrogen) atoms. The predicted octanol–water partition coefficient (Wildman–Crippen LogP) is 4.42. The molecular weight excluding hydrogens is 196 g/mol. The zero-order valence-electron chi connectivity index (χ0n) is 10.6. The molecule has 1 aromatic carbocycles. The van der Waals surface area contributed by atoms with E-state index in [2.05, 4.69) is 38.1 Å². The summed E-state index contributed by atoms with van der Waals surface area (Å²) in [7, 11) is 0. The molecule has 0 aliphatic carbocycles. The Morgan fingerprint density at radius 3 is 2.44 bits per heavy atom. The summed E-state index contributed by atoms with van der Waals surface area (Å²) >= 11 is 0. The zero-order chi connectivity index (χ0) is 11.6. The maximum absolute atomic E-state index is 5.63. The fraction of sp³-hybridized carbons (Fsp3) is 0.600. The molecule has 0 spiro atoms. The van der Waals surface area contributed by atoms with Gasteiger partial charge in [-0.1, -0.05) is 63.4 Å². The number of hydrogen-bond donors (Lipinski definition) is 0. The minimum absolute atomic E-state index is 0.755. The molecule has 1 nitrogen and oxygen atoms in total. The summed E-state index contributed by atoms with van der Waals surface area (Å²) in [5.74, 6) is 0.838.